The van der Waals surface area contributed by atoms with Crippen molar-refractivity contribution in [2.45, 2.75) is 18.0 Å². The number of nitrogen functional groups attached to an aromatic ring is 1. The number of carboxylic acid groups (broad SMARTS) is 1. The number of nitrogens with two attached hydrogens (primary N) is 1. The summed E-state index contributed by atoms with van der Waals surface area (Å²) in [6, 6.07) is 2.63. The van der Waals surface area contributed by atoms with Gasteiger partial charge in [-0.05, 0) is 16.3 Å². The van der Waals surface area contributed by atoms with Gasteiger partial charge in [0.25, 0.3) is 11.8 Å². The van der Waals surface area contributed by atoms with Gasteiger partial charge in [-0.2, -0.15) is 9.36 Å². The molecular weight excluding hydrogens is 538 g/mol. The number of amides is 2. The van der Waals surface area contributed by atoms with Crippen molar-refractivity contribution in [3.63, 3.8) is 0 Å². The maximum atomic E-state index is 13.0. The van der Waals surface area contributed by atoms with E-state index in [4.69, 9.17) is 10.6 Å². The summed E-state index contributed by atoms with van der Waals surface area (Å²) in [5.41, 5.74) is 6.19. The summed E-state index contributed by atoms with van der Waals surface area (Å²) < 4.78 is 7.12. The second-order valence-electron chi connectivity index (χ2n) is 8.37. The number of hydrogen-bond donors (Lipinski definition) is 2. The lowest BCUT2D eigenvalue weighted by molar-refractivity contribution is -0.640. The zero-order valence-electron chi connectivity index (χ0n) is 20.3. The number of carboxylic acids is 1. The summed E-state index contributed by atoms with van der Waals surface area (Å²) in [4.78, 5) is 49.7. The highest BCUT2D eigenvalue weighted by molar-refractivity contribution is 8.00. The molecule has 1 saturated heterocycles. The van der Waals surface area contributed by atoms with Crippen molar-refractivity contribution in [2.24, 2.45) is 5.16 Å². The number of nitrogens with zero attached hydrogens (tertiary/aromatic N) is 9. The molecule has 0 bridgehead atoms. The van der Waals surface area contributed by atoms with E-state index in [0.29, 0.717) is 17.0 Å². The number of carbonyl (C=O) groups excluding carboxylic acids is 3. The molecule has 5 heterocycles. The zero-order valence-corrected chi connectivity index (χ0v) is 21.9. The minimum atomic E-state index is -1.49. The van der Waals surface area contributed by atoms with E-state index in [2.05, 4.69) is 30.0 Å². The normalized spacial score (nSPS) is 19.3. The van der Waals surface area contributed by atoms with Crippen molar-refractivity contribution in [3.05, 3.63) is 35.6 Å². The number of aliphatic carboxylic acids is 1. The molecule has 2 aliphatic rings. The number of aromatic nitrogens is 6. The third kappa shape index (κ3) is 4.36. The van der Waals surface area contributed by atoms with Crippen LogP contribution in [0.15, 0.2) is 34.9 Å². The van der Waals surface area contributed by atoms with Crippen LogP contribution in [0.5, 0.6) is 0 Å². The molecule has 3 aromatic rings. The average Bonchev–Trinajstić information content (AvgIpc) is 3.50. The van der Waals surface area contributed by atoms with Crippen molar-refractivity contribution in [3.8, 4) is 0 Å². The lowest BCUT2D eigenvalue weighted by Crippen LogP contribution is -2.71. The third-order valence-electron chi connectivity index (χ3n) is 5.78. The van der Waals surface area contributed by atoms with Gasteiger partial charge in [-0.25, -0.2) is 4.57 Å². The molecule has 3 N–H and O–H groups in total. The molecule has 0 aromatic carbocycles. The maximum Gasteiger partial charge on any atom is 0.331 e. The fraction of sp³-hybridized carbons (Fsp3) is 0.350. The summed E-state index contributed by atoms with van der Waals surface area (Å²) >= 11 is 2.18. The Morgan fingerprint density at radius 2 is 2.18 bits per heavy atom. The van der Waals surface area contributed by atoms with Gasteiger partial charge in [0, 0.05) is 47.7 Å². The van der Waals surface area contributed by atoms with Crippen LogP contribution in [0.25, 0.3) is 5.65 Å². The largest absolute Gasteiger partial charge is 0.543 e. The van der Waals surface area contributed by atoms with E-state index in [1.807, 2.05) is 31.1 Å². The number of β-lactam (4-membered cyclic amide) rings is 1. The van der Waals surface area contributed by atoms with Gasteiger partial charge < -0.3 is 30.7 Å². The Morgan fingerprint density at radius 3 is 2.84 bits per heavy atom. The Bertz CT molecular complexity index is 1510. The molecule has 16 nitrogen and oxygen atoms in total. The Balaban J connectivity index is 1.37. The van der Waals surface area contributed by atoms with Gasteiger partial charge in [0.2, 0.25) is 17.9 Å². The average molecular weight is 560 g/mol. The molecule has 0 spiro atoms. The first-order valence-electron chi connectivity index (χ1n) is 11.0. The summed E-state index contributed by atoms with van der Waals surface area (Å²) in [5, 5.41) is 26.5. The monoisotopic (exact) mass is 559 g/mol. The number of anilines is 2. The highest BCUT2D eigenvalue weighted by Gasteiger charge is 2.53. The van der Waals surface area contributed by atoms with E-state index in [1.165, 1.54) is 29.8 Å². The van der Waals surface area contributed by atoms with Crippen LogP contribution in [0, 0.1) is 0 Å². The Hall–Kier alpha value is -4.32. The van der Waals surface area contributed by atoms with Crippen LogP contribution in [0.1, 0.15) is 5.82 Å². The van der Waals surface area contributed by atoms with Gasteiger partial charge in [-0.15, -0.1) is 11.8 Å². The van der Waals surface area contributed by atoms with Gasteiger partial charge in [-0.1, -0.05) is 5.16 Å². The number of fused-ring (bicyclic) bond motifs is 2. The summed E-state index contributed by atoms with van der Waals surface area (Å²) in [5.74, 6) is -1.93. The van der Waals surface area contributed by atoms with Crippen LogP contribution in [0.2, 0.25) is 0 Å². The third-order valence-corrected chi connectivity index (χ3v) is 7.66. The minimum Gasteiger partial charge on any atom is -0.543 e. The summed E-state index contributed by atoms with van der Waals surface area (Å²) in [6.07, 6.45) is 1.54. The molecule has 2 atom stereocenters. The molecule has 0 aliphatic carbocycles. The molecule has 38 heavy (non-hydrogen) atoms. The van der Waals surface area contributed by atoms with Crippen molar-refractivity contribution >= 4 is 63.4 Å². The summed E-state index contributed by atoms with van der Waals surface area (Å²) in [7, 11) is 4.96. The maximum absolute atomic E-state index is 13.0. The van der Waals surface area contributed by atoms with Crippen LogP contribution >= 0.6 is 23.3 Å². The quantitative estimate of drug-likeness (QED) is 0.123. The molecular formula is C20H21N11O5S2. The Labute approximate surface area is 222 Å². The van der Waals surface area contributed by atoms with Gasteiger partial charge in [-0.3, -0.25) is 14.5 Å². The number of hydrogen-bond acceptors (Lipinski definition) is 14. The smallest absolute Gasteiger partial charge is 0.331 e. The SMILES string of the molecule is CO/N=C(\C(=O)NC1C(=O)N2C(C(=O)[O-])=C(Cn3cn[n+]4nc(N(C)C)ccc34)CS[C@H]12)c1nsc(N)n1. The van der Waals surface area contributed by atoms with E-state index in [9.17, 15) is 19.5 Å². The molecule has 0 saturated carbocycles. The molecule has 18 heteroatoms. The zero-order chi connectivity index (χ0) is 27.1. The number of thioether (sulfide) groups is 1. The lowest BCUT2D eigenvalue weighted by atomic mass is 10.0. The fourth-order valence-corrected chi connectivity index (χ4v) is 5.81. The number of oxime groups is 1. The highest BCUT2D eigenvalue weighted by Crippen LogP contribution is 2.40. The molecule has 3 aromatic heterocycles. The summed E-state index contributed by atoms with van der Waals surface area (Å²) in [6.45, 7) is 0.151. The highest BCUT2D eigenvalue weighted by atomic mass is 32.2. The van der Waals surface area contributed by atoms with Crippen LogP contribution < -0.4 is 25.7 Å². The van der Waals surface area contributed by atoms with Crippen molar-refractivity contribution in [1.29, 1.82) is 0 Å². The molecule has 198 valence electrons. The van der Waals surface area contributed by atoms with Crippen LogP contribution in [0.3, 0.4) is 0 Å². The second-order valence-corrected chi connectivity index (χ2v) is 10.3. The number of rotatable bonds is 8. The lowest BCUT2D eigenvalue weighted by Gasteiger charge is -2.50. The first-order chi connectivity index (χ1) is 18.2. The van der Waals surface area contributed by atoms with Gasteiger partial charge in [0.05, 0.1) is 11.7 Å². The predicted octanol–water partition coefficient (Wildman–Crippen LogP) is -3.03. The molecule has 5 rings (SSSR count). The van der Waals surface area contributed by atoms with Crippen molar-refractivity contribution < 1.29 is 29.0 Å². The topological polar surface area (TPSA) is 201 Å². The number of carbonyl (C=O) groups is 3. The Kier molecular flexibility index (Phi) is 6.57. The standard InChI is InChI=1S/C20H21N11O5S2/c1-28(2)10-4-5-11-29(8-22-31(11)25-10)6-9-7-37-18-13(17(33)30(18)14(9)19(34)35)23-16(32)12(26-36-3)15-24-20(21)38-27-15/h4-5,8,13,18H,6-7H2,1-3H3,(H3-,21,23,24,27,32,34,35)/b26-12-/t13?,18-/m1/s1. The van der Waals surface area contributed by atoms with Crippen LogP contribution in [0.4, 0.5) is 10.9 Å². The van der Waals surface area contributed by atoms with E-state index >= 15 is 0 Å². The van der Waals surface area contributed by atoms with Crippen molar-refractivity contribution in [1.82, 2.24) is 34.3 Å². The molecule has 2 amide bonds. The first kappa shape index (κ1) is 25.3. The molecule has 1 unspecified atom stereocenters. The minimum absolute atomic E-state index is 0.0537. The molecule has 2 aliphatic heterocycles. The van der Waals surface area contributed by atoms with E-state index in [1.54, 1.807) is 4.57 Å². The van der Waals surface area contributed by atoms with Crippen molar-refractivity contribution in [2.75, 3.05) is 37.6 Å². The van der Waals surface area contributed by atoms with E-state index in [-0.39, 0.29) is 34.7 Å². The van der Waals surface area contributed by atoms with Gasteiger partial charge >= 0.3 is 5.65 Å². The number of nitrogens with one attached hydrogen (secondary N) is 1. The molecule has 1 fully saturated rings. The Morgan fingerprint density at radius 1 is 1.39 bits per heavy atom. The second kappa shape index (κ2) is 9.86. The van der Waals surface area contributed by atoms with Gasteiger partial charge in [0.15, 0.2) is 10.9 Å². The predicted molar refractivity (Wildman–Crippen MR) is 132 cm³/mol. The van der Waals surface area contributed by atoms with Crippen LogP contribution in [-0.4, -0.2) is 90.9 Å². The first-order valence-corrected chi connectivity index (χ1v) is 12.8. The van der Waals surface area contributed by atoms with Gasteiger partial charge in [0.1, 0.15) is 25.1 Å². The molecule has 0 radical (unpaired) electrons. The van der Waals surface area contributed by atoms with E-state index < -0.39 is 29.2 Å². The fourth-order valence-electron chi connectivity index (χ4n) is 4.04. The van der Waals surface area contributed by atoms with E-state index in [0.717, 1.165) is 16.4 Å². The van der Waals surface area contributed by atoms with Crippen LogP contribution in [-0.2, 0) is 25.8 Å².